The molecule has 0 unspecified atom stereocenters. The maximum absolute atomic E-state index is 8.36. The Kier molecular flexibility index (Phi) is 74.4. The van der Waals surface area contributed by atoms with Gasteiger partial charge in [0.05, 0.1) is 0 Å². The Morgan fingerprint density at radius 3 is 1.60 bits per heavy atom. The van der Waals surface area contributed by atoms with E-state index in [2.05, 4.69) is 0 Å². The van der Waals surface area contributed by atoms with Crippen LogP contribution in [0.15, 0.2) is 0 Å². The van der Waals surface area contributed by atoms with Gasteiger partial charge in [-0.15, -0.1) is 0 Å². The third-order valence-corrected chi connectivity index (χ3v) is 0. The summed E-state index contributed by atoms with van der Waals surface area (Å²) in [6.45, 7) is -0.250. The Morgan fingerprint density at radius 2 is 1.60 bits per heavy atom. The average molecular weight is 104 g/mol. The SMILES string of the molecule is O=CO.[Cl-].[Na+]. The molecule has 0 saturated carbocycles. The van der Waals surface area contributed by atoms with Crippen LogP contribution in [0.1, 0.15) is 0 Å². The molecule has 0 amide bonds. The van der Waals surface area contributed by atoms with Crippen molar-refractivity contribution in [3.63, 3.8) is 0 Å². The van der Waals surface area contributed by atoms with Gasteiger partial charge in [0, 0.05) is 0 Å². The summed E-state index contributed by atoms with van der Waals surface area (Å²) in [6.07, 6.45) is 0. The van der Waals surface area contributed by atoms with Crippen molar-refractivity contribution in [2.24, 2.45) is 0 Å². The molecule has 0 atom stereocenters. The van der Waals surface area contributed by atoms with E-state index in [1.807, 2.05) is 0 Å². The zero-order valence-electron chi connectivity index (χ0n) is 2.81. The normalized spacial score (nSPS) is 2.40. The molecule has 2 nitrogen and oxygen atoms in total. The third-order valence-electron chi connectivity index (χ3n) is 0. The molecular weight excluding hydrogens is 102 g/mol. The van der Waals surface area contributed by atoms with Crippen LogP contribution < -0.4 is 42.0 Å². The predicted octanol–water partition coefficient (Wildman–Crippen LogP) is -6.29. The number of rotatable bonds is 0. The first-order valence-electron chi connectivity index (χ1n) is 0.494. The van der Waals surface area contributed by atoms with E-state index in [9.17, 15) is 0 Å². The minimum absolute atomic E-state index is 0. The van der Waals surface area contributed by atoms with Crippen LogP contribution in [-0.4, -0.2) is 11.6 Å². The van der Waals surface area contributed by atoms with Crippen LogP contribution >= 0.6 is 0 Å². The van der Waals surface area contributed by atoms with Crippen molar-refractivity contribution in [2.45, 2.75) is 0 Å². The first-order valence-corrected chi connectivity index (χ1v) is 0.494. The van der Waals surface area contributed by atoms with Crippen molar-refractivity contribution in [1.82, 2.24) is 0 Å². The smallest absolute Gasteiger partial charge is 1.00 e. The van der Waals surface area contributed by atoms with Crippen molar-refractivity contribution in [1.29, 1.82) is 0 Å². The van der Waals surface area contributed by atoms with Crippen LogP contribution in [0.3, 0.4) is 0 Å². The molecule has 0 aliphatic carbocycles. The van der Waals surface area contributed by atoms with Crippen molar-refractivity contribution >= 4 is 6.47 Å². The van der Waals surface area contributed by atoms with Crippen molar-refractivity contribution in [3.8, 4) is 0 Å². The quantitative estimate of drug-likeness (QED) is 0.245. The van der Waals surface area contributed by atoms with Gasteiger partial charge >= 0.3 is 29.6 Å². The molecule has 0 bridgehead atoms. The zero-order valence-corrected chi connectivity index (χ0v) is 5.57. The summed E-state index contributed by atoms with van der Waals surface area (Å²) in [6, 6.07) is 0. The molecule has 26 valence electrons. The third kappa shape index (κ3) is 62.8. The summed E-state index contributed by atoms with van der Waals surface area (Å²) in [7, 11) is 0. The molecule has 0 aromatic heterocycles. The second kappa shape index (κ2) is 21.7. The second-order valence-electron chi connectivity index (χ2n) is 0.105. The summed E-state index contributed by atoms with van der Waals surface area (Å²) in [5.41, 5.74) is 0. The Hall–Kier alpha value is 0.760. The topological polar surface area (TPSA) is 37.3 Å². The first-order chi connectivity index (χ1) is 1.41. The molecule has 5 heavy (non-hydrogen) atoms. The van der Waals surface area contributed by atoms with E-state index in [1.54, 1.807) is 0 Å². The molecule has 0 radical (unpaired) electrons. The standard InChI is InChI=1S/CH2O2.ClH.Na/c2-1-3;;/h1H,(H,2,3);1H;/q;;+1/p-1. The molecule has 0 aliphatic heterocycles. The van der Waals surface area contributed by atoms with E-state index in [1.165, 1.54) is 0 Å². The van der Waals surface area contributed by atoms with Gasteiger partial charge in [-0.3, -0.25) is 4.79 Å². The largest absolute Gasteiger partial charge is 1.00 e. The van der Waals surface area contributed by atoms with Crippen LogP contribution in [0.4, 0.5) is 0 Å². The molecular formula is CH2ClNaO2. The van der Waals surface area contributed by atoms with E-state index in [-0.39, 0.29) is 48.4 Å². The van der Waals surface area contributed by atoms with Crippen LogP contribution in [0.25, 0.3) is 0 Å². The van der Waals surface area contributed by atoms with Gasteiger partial charge in [-0.1, -0.05) is 0 Å². The maximum Gasteiger partial charge on any atom is 1.00 e. The van der Waals surface area contributed by atoms with Gasteiger partial charge in [0.2, 0.25) is 0 Å². The Morgan fingerprint density at radius 1 is 1.60 bits per heavy atom. The van der Waals surface area contributed by atoms with Gasteiger partial charge in [-0.05, 0) is 0 Å². The van der Waals surface area contributed by atoms with Gasteiger partial charge in [0.1, 0.15) is 0 Å². The summed E-state index contributed by atoms with van der Waals surface area (Å²) >= 11 is 0. The number of hydrogen-bond acceptors (Lipinski definition) is 1. The summed E-state index contributed by atoms with van der Waals surface area (Å²) in [5, 5.41) is 6.89. The van der Waals surface area contributed by atoms with E-state index in [4.69, 9.17) is 9.90 Å². The van der Waals surface area contributed by atoms with Gasteiger partial charge in [-0.25, -0.2) is 0 Å². The van der Waals surface area contributed by atoms with Crippen molar-refractivity contribution in [3.05, 3.63) is 0 Å². The number of carbonyl (C=O) groups is 1. The number of hydrogen-bond donors (Lipinski definition) is 1. The Bertz CT molecular complexity index is 17.1. The minimum atomic E-state index is -0.250. The molecule has 0 aliphatic rings. The summed E-state index contributed by atoms with van der Waals surface area (Å²) in [4.78, 5) is 8.36. The van der Waals surface area contributed by atoms with Crippen LogP contribution in [0.5, 0.6) is 0 Å². The molecule has 0 spiro atoms. The average Bonchev–Trinajstić information content (AvgIpc) is 0.918. The van der Waals surface area contributed by atoms with E-state index in [0.29, 0.717) is 0 Å². The monoisotopic (exact) mass is 104 g/mol. The molecule has 0 saturated heterocycles. The van der Waals surface area contributed by atoms with Gasteiger partial charge in [0.25, 0.3) is 6.47 Å². The van der Waals surface area contributed by atoms with E-state index in [0.717, 1.165) is 0 Å². The zero-order chi connectivity index (χ0) is 2.71. The number of carboxylic acid groups (broad SMARTS) is 1. The molecule has 0 heterocycles. The van der Waals surface area contributed by atoms with Crippen LogP contribution in [0, 0.1) is 0 Å². The van der Waals surface area contributed by atoms with Crippen molar-refractivity contribution < 1.29 is 51.9 Å². The second-order valence-corrected chi connectivity index (χ2v) is 0.105. The van der Waals surface area contributed by atoms with E-state index >= 15 is 0 Å². The van der Waals surface area contributed by atoms with Crippen LogP contribution in [0.2, 0.25) is 0 Å². The maximum atomic E-state index is 8.36. The van der Waals surface area contributed by atoms with E-state index < -0.39 is 0 Å². The van der Waals surface area contributed by atoms with Gasteiger partial charge in [-0.2, -0.15) is 0 Å². The Balaban J connectivity index is -0.0000000200. The molecule has 1 N–H and O–H groups in total. The number of halogens is 1. The fourth-order valence-electron chi connectivity index (χ4n) is 0. The van der Waals surface area contributed by atoms with Crippen molar-refractivity contribution in [2.75, 3.05) is 0 Å². The first kappa shape index (κ1) is 17.1. The molecule has 0 aromatic rings. The fourth-order valence-corrected chi connectivity index (χ4v) is 0. The van der Waals surface area contributed by atoms with Gasteiger partial charge in [0.15, 0.2) is 0 Å². The Labute approximate surface area is 58.3 Å². The predicted molar refractivity (Wildman–Crippen MR) is 8.69 cm³/mol. The van der Waals surface area contributed by atoms with Gasteiger partial charge < -0.3 is 17.5 Å². The summed E-state index contributed by atoms with van der Waals surface area (Å²) < 4.78 is 0. The summed E-state index contributed by atoms with van der Waals surface area (Å²) in [5.74, 6) is 0. The minimum Gasteiger partial charge on any atom is -1.00 e. The molecule has 0 aromatic carbocycles. The molecule has 0 rings (SSSR count). The molecule has 4 heteroatoms. The molecule has 0 fully saturated rings. The van der Waals surface area contributed by atoms with Crippen LogP contribution in [-0.2, 0) is 4.79 Å². The fraction of sp³-hybridized carbons (Fsp3) is 0.